The SMILES string of the molecule is CCOC(=O)C1=C(CSc2nnnn2CC(C)C)NC(=O)NC1c1ccco1. The third-order valence-electron chi connectivity index (χ3n) is 3.86. The first kappa shape index (κ1) is 19.9. The minimum absolute atomic E-state index is 0.216. The number of hydrogen-bond donors (Lipinski definition) is 2. The lowest BCUT2D eigenvalue weighted by Gasteiger charge is -2.27. The predicted molar refractivity (Wildman–Crippen MR) is 100 cm³/mol. The van der Waals surface area contributed by atoms with Crippen molar-refractivity contribution in [3.8, 4) is 0 Å². The second-order valence-corrected chi connectivity index (χ2v) is 7.43. The molecular weight excluding hydrogens is 384 g/mol. The lowest BCUT2D eigenvalue weighted by atomic mass is 10.0. The Morgan fingerprint density at radius 2 is 2.29 bits per heavy atom. The molecule has 0 fully saturated rings. The molecule has 2 aromatic rings. The van der Waals surface area contributed by atoms with E-state index < -0.39 is 18.0 Å². The van der Waals surface area contributed by atoms with Gasteiger partial charge in [0.25, 0.3) is 0 Å². The summed E-state index contributed by atoms with van der Waals surface area (Å²) in [6.07, 6.45) is 1.49. The number of esters is 1. The summed E-state index contributed by atoms with van der Waals surface area (Å²) in [6.45, 7) is 6.75. The number of carbonyl (C=O) groups is 2. The van der Waals surface area contributed by atoms with Gasteiger partial charge in [0.15, 0.2) is 0 Å². The summed E-state index contributed by atoms with van der Waals surface area (Å²) in [6, 6.07) is 2.24. The molecule has 1 atom stereocenters. The average molecular weight is 406 g/mol. The Morgan fingerprint density at radius 1 is 1.46 bits per heavy atom. The lowest BCUT2D eigenvalue weighted by Crippen LogP contribution is -2.46. The van der Waals surface area contributed by atoms with E-state index in [0.29, 0.717) is 34.6 Å². The number of furan rings is 1. The van der Waals surface area contributed by atoms with Gasteiger partial charge in [-0.1, -0.05) is 25.6 Å². The summed E-state index contributed by atoms with van der Waals surface area (Å²) in [5.41, 5.74) is 0.736. The third kappa shape index (κ3) is 4.53. The van der Waals surface area contributed by atoms with E-state index in [-0.39, 0.29) is 12.4 Å². The number of hydrogen-bond acceptors (Lipinski definition) is 8. The van der Waals surface area contributed by atoms with Crippen molar-refractivity contribution in [3.05, 3.63) is 35.4 Å². The van der Waals surface area contributed by atoms with Gasteiger partial charge in [-0.25, -0.2) is 14.3 Å². The Labute approximate surface area is 166 Å². The highest BCUT2D eigenvalue weighted by Crippen LogP contribution is 2.30. The highest BCUT2D eigenvalue weighted by molar-refractivity contribution is 7.99. The van der Waals surface area contributed by atoms with Crippen LogP contribution in [0.15, 0.2) is 39.2 Å². The fourth-order valence-electron chi connectivity index (χ4n) is 2.75. The molecule has 2 amide bonds. The topological polar surface area (TPSA) is 124 Å². The summed E-state index contributed by atoms with van der Waals surface area (Å²) in [4.78, 5) is 24.8. The zero-order valence-electron chi connectivity index (χ0n) is 15.8. The van der Waals surface area contributed by atoms with Crippen LogP contribution in [-0.2, 0) is 16.1 Å². The number of carbonyl (C=O) groups excluding carboxylic acids is 2. The van der Waals surface area contributed by atoms with E-state index in [2.05, 4.69) is 40.0 Å². The maximum absolute atomic E-state index is 12.6. The summed E-state index contributed by atoms with van der Waals surface area (Å²) in [7, 11) is 0. The highest BCUT2D eigenvalue weighted by Gasteiger charge is 2.35. The van der Waals surface area contributed by atoms with Crippen LogP contribution in [0.2, 0.25) is 0 Å². The lowest BCUT2D eigenvalue weighted by molar-refractivity contribution is -0.139. The number of tetrazole rings is 1. The maximum atomic E-state index is 12.6. The molecule has 2 aromatic heterocycles. The van der Waals surface area contributed by atoms with Crippen molar-refractivity contribution in [2.75, 3.05) is 12.4 Å². The van der Waals surface area contributed by atoms with E-state index in [9.17, 15) is 9.59 Å². The molecule has 11 heteroatoms. The number of urea groups is 1. The van der Waals surface area contributed by atoms with Crippen LogP contribution in [0.5, 0.6) is 0 Å². The number of thioether (sulfide) groups is 1. The first-order valence-corrected chi connectivity index (χ1v) is 9.88. The molecule has 1 aliphatic rings. The first-order chi connectivity index (χ1) is 13.5. The molecule has 0 aliphatic carbocycles. The molecule has 0 radical (unpaired) electrons. The van der Waals surface area contributed by atoms with Crippen LogP contribution >= 0.6 is 11.8 Å². The van der Waals surface area contributed by atoms with E-state index in [0.717, 1.165) is 0 Å². The fourth-order valence-corrected chi connectivity index (χ4v) is 3.60. The van der Waals surface area contributed by atoms with Crippen LogP contribution in [0.25, 0.3) is 0 Å². The fraction of sp³-hybridized carbons (Fsp3) is 0.471. The van der Waals surface area contributed by atoms with E-state index in [1.807, 2.05) is 0 Å². The van der Waals surface area contributed by atoms with Gasteiger partial charge in [-0.05, 0) is 35.4 Å². The van der Waals surface area contributed by atoms with Crippen molar-refractivity contribution < 1.29 is 18.7 Å². The summed E-state index contributed by atoms with van der Waals surface area (Å²) >= 11 is 1.33. The molecule has 3 heterocycles. The normalized spacial score (nSPS) is 16.9. The molecular formula is C17H22N6O4S. The summed E-state index contributed by atoms with van der Waals surface area (Å²) < 4.78 is 12.3. The number of nitrogens with one attached hydrogen (secondary N) is 2. The molecule has 0 spiro atoms. The van der Waals surface area contributed by atoms with Gasteiger partial charge in [0.2, 0.25) is 5.16 Å². The van der Waals surface area contributed by atoms with Crippen molar-refractivity contribution in [2.24, 2.45) is 5.92 Å². The predicted octanol–water partition coefficient (Wildman–Crippen LogP) is 1.89. The van der Waals surface area contributed by atoms with Gasteiger partial charge < -0.3 is 19.8 Å². The van der Waals surface area contributed by atoms with Crippen molar-refractivity contribution in [1.29, 1.82) is 0 Å². The van der Waals surface area contributed by atoms with Gasteiger partial charge >= 0.3 is 12.0 Å². The second kappa shape index (κ2) is 8.91. The molecule has 3 rings (SSSR count). The zero-order chi connectivity index (χ0) is 20.1. The van der Waals surface area contributed by atoms with Crippen molar-refractivity contribution in [3.63, 3.8) is 0 Å². The molecule has 2 N–H and O–H groups in total. The number of rotatable bonds is 8. The van der Waals surface area contributed by atoms with Gasteiger partial charge in [-0.2, -0.15) is 0 Å². The Hall–Kier alpha value is -2.82. The van der Waals surface area contributed by atoms with Gasteiger partial charge in [0.05, 0.1) is 18.4 Å². The van der Waals surface area contributed by atoms with Crippen molar-refractivity contribution in [1.82, 2.24) is 30.8 Å². The summed E-state index contributed by atoms with van der Waals surface area (Å²) in [5, 5.41) is 17.8. The molecule has 0 aromatic carbocycles. The van der Waals surface area contributed by atoms with Crippen LogP contribution < -0.4 is 10.6 Å². The van der Waals surface area contributed by atoms with E-state index in [1.54, 1.807) is 23.7 Å². The molecule has 150 valence electrons. The van der Waals surface area contributed by atoms with Gasteiger partial charge in [0.1, 0.15) is 11.8 Å². The van der Waals surface area contributed by atoms with Crippen molar-refractivity contribution in [2.45, 2.75) is 38.5 Å². The quantitative estimate of drug-likeness (QED) is 0.503. The highest BCUT2D eigenvalue weighted by atomic mass is 32.2. The second-order valence-electron chi connectivity index (χ2n) is 6.49. The van der Waals surface area contributed by atoms with E-state index >= 15 is 0 Å². The Morgan fingerprint density at radius 3 is 2.96 bits per heavy atom. The minimum atomic E-state index is -0.731. The Balaban J connectivity index is 1.89. The number of ether oxygens (including phenoxy) is 1. The zero-order valence-corrected chi connectivity index (χ0v) is 16.7. The van der Waals surface area contributed by atoms with Crippen LogP contribution in [0, 0.1) is 5.92 Å². The minimum Gasteiger partial charge on any atom is -0.467 e. The molecule has 10 nitrogen and oxygen atoms in total. The molecule has 1 unspecified atom stereocenters. The summed E-state index contributed by atoms with van der Waals surface area (Å²) in [5.74, 6) is 0.593. The third-order valence-corrected chi connectivity index (χ3v) is 4.84. The number of aromatic nitrogens is 4. The van der Waals surface area contributed by atoms with E-state index in [4.69, 9.17) is 9.15 Å². The number of nitrogens with zero attached hydrogens (tertiary/aromatic N) is 4. The van der Waals surface area contributed by atoms with Gasteiger partial charge in [0, 0.05) is 18.0 Å². The van der Waals surface area contributed by atoms with Gasteiger partial charge in [-0.15, -0.1) is 5.10 Å². The molecule has 0 bridgehead atoms. The standard InChI is InChI=1S/C17H22N6O4S/c1-4-26-15(24)13-11(9-28-17-20-21-22-23(17)8-10(2)3)18-16(25)19-14(13)12-6-5-7-27-12/h5-7,10,14H,4,8-9H2,1-3H3,(H2,18,19,25). The Kier molecular flexibility index (Phi) is 6.34. The van der Waals surface area contributed by atoms with Gasteiger partial charge in [-0.3, -0.25) is 0 Å². The maximum Gasteiger partial charge on any atom is 0.338 e. The van der Waals surface area contributed by atoms with Crippen LogP contribution in [0.4, 0.5) is 4.79 Å². The van der Waals surface area contributed by atoms with E-state index in [1.165, 1.54) is 18.0 Å². The van der Waals surface area contributed by atoms with Crippen LogP contribution in [-0.4, -0.2) is 44.6 Å². The molecule has 0 saturated carbocycles. The first-order valence-electron chi connectivity index (χ1n) is 8.89. The molecule has 0 saturated heterocycles. The smallest absolute Gasteiger partial charge is 0.338 e. The Bertz CT molecular complexity index is 861. The monoisotopic (exact) mass is 406 g/mol. The number of amides is 2. The largest absolute Gasteiger partial charge is 0.467 e. The van der Waals surface area contributed by atoms with Crippen LogP contribution in [0.1, 0.15) is 32.6 Å². The molecule has 28 heavy (non-hydrogen) atoms. The van der Waals surface area contributed by atoms with Crippen molar-refractivity contribution >= 4 is 23.8 Å². The van der Waals surface area contributed by atoms with Crippen LogP contribution in [0.3, 0.4) is 0 Å². The average Bonchev–Trinajstić information content (AvgIpc) is 3.31. The molecule has 1 aliphatic heterocycles.